The summed E-state index contributed by atoms with van der Waals surface area (Å²) in [5.74, 6) is 0. The summed E-state index contributed by atoms with van der Waals surface area (Å²) < 4.78 is 0. The molecule has 0 amide bonds. The van der Waals surface area contributed by atoms with E-state index in [1.165, 1.54) is 11.1 Å². The maximum atomic E-state index is 5.83. The van der Waals surface area contributed by atoms with Gasteiger partial charge in [0.1, 0.15) is 0 Å². The zero-order valence-corrected chi connectivity index (χ0v) is 13.3. The van der Waals surface area contributed by atoms with Crippen LogP contribution < -0.4 is 5.73 Å². The van der Waals surface area contributed by atoms with Crippen LogP contribution in [0.1, 0.15) is 24.5 Å². The average Bonchev–Trinajstić information content (AvgIpc) is 2.41. The van der Waals surface area contributed by atoms with Crippen molar-refractivity contribution in [2.45, 2.75) is 32.9 Å². The fourth-order valence-electron chi connectivity index (χ4n) is 2.94. The molecule has 110 valence electrons. The number of aryl methyl sites for hydroxylation is 1. The van der Waals surface area contributed by atoms with Crippen molar-refractivity contribution in [2.24, 2.45) is 5.73 Å². The lowest BCUT2D eigenvalue weighted by Gasteiger charge is -2.38. The van der Waals surface area contributed by atoms with Gasteiger partial charge in [0.2, 0.25) is 0 Å². The molecule has 0 aromatic heterocycles. The predicted octanol–water partition coefficient (Wildman–Crippen LogP) is 2.18. The Kier molecular flexibility index (Phi) is 5.52. The van der Waals surface area contributed by atoms with Gasteiger partial charge in [0, 0.05) is 32.7 Å². The summed E-state index contributed by atoms with van der Waals surface area (Å²) in [5, 5.41) is 0. The molecule has 1 saturated heterocycles. The van der Waals surface area contributed by atoms with Gasteiger partial charge in [-0.1, -0.05) is 49.0 Å². The fourth-order valence-corrected chi connectivity index (χ4v) is 3.26. The minimum Gasteiger partial charge on any atom is -0.392 e. The van der Waals surface area contributed by atoms with Crippen LogP contribution in [0.2, 0.25) is 0 Å². The largest absolute Gasteiger partial charge is 0.392 e. The predicted molar refractivity (Wildman–Crippen MR) is 88.9 cm³/mol. The van der Waals surface area contributed by atoms with Crippen LogP contribution in [-0.4, -0.2) is 47.0 Å². The Bertz CT molecular complexity index is 453. The van der Waals surface area contributed by atoms with Crippen LogP contribution in [0.25, 0.3) is 0 Å². The van der Waals surface area contributed by atoms with Gasteiger partial charge in [0.15, 0.2) is 0 Å². The van der Waals surface area contributed by atoms with E-state index in [9.17, 15) is 0 Å². The molecule has 1 unspecified atom stereocenters. The van der Waals surface area contributed by atoms with E-state index in [0.29, 0.717) is 4.99 Å². The van der Waals surface area contributed by atoms with Gasteiger partial charge < -0.3 is 5.73 Å². The molecule has 1 aliphatic heterocycles. The molecule has 2 N–H and O–H groups in total. The molecule has 0 spiro atoms. The molecule has 1 aliphatic rings. The van der Waals surface area contributed by atoms with Gasteiger partial charge in [-0.25, -0.2) is 0 Å². The third kappa shape index (κ3) is 4.01. The Hall–Kier alpha value is -0.970. The summed E-state index contributed by atoms with van der Waals surface area (Å²) in [6.45, 7) is 9.64. The van der Waals surface area contributed by atoms with Crippen LogP contribution in [0.15, 0.2) is 24.3 Å². The Morgan fingerprint density at radius 3 is 2.55 bits per heavy atom. The van der Waals surface area contributed by atoms with Crippen LogP contribution in [0.5, 0.6) is 0 Å². The van der Waals surface area contributed by atoms with Crippen molar-refractivity contribution in [1.82, 2.24) is 9.80 Å². The molecule has 1 heterocycles. The summed E-state index contributed by atoms with van der Waals surface area (Å²) >= 11 is 5.17. The van der Waals surface area contributed by atoms with Gasteiger partial charge >= 0.3 is 0 Å². The number of hydrogen-bond donors (Lipinski definition) is 1. The lowest BCUT2D eigenvalue weighted by molar-refractivity contribution is 0.112. The van der Waals surface area contributed by atoms with Crippen LogP contribution in [0.3, 0.4) is 0 Å². The molecule has 0 saturated carbocycles. The molecule has 2 rings (SSSR count). The lowest BCUT2D eigenvalue weighted by Crippen LogP contribution is -2.53. The van der Waals surface area contributed by atoms with Gasteiger partial charge in [-0.05, 0) is 18.9 Å². The minimum atomic E-state index is 0.270. The van der Waals surface area contributed by atoms with Gasteiger partial charge in [-0.15, -0.1) is 0 Å². The number of thiocarbonyl (C=S) groups is 1. The Morgan fingerprint density at radius 1 is 1.30 bits per heavy atom. The number of piperazine rings is 1. The Balaban J connectivity index is 1.86. The van der Waals surface area contributed by atoms with Gasteiger partial charge in [0.25, 0.3) is 0 Å². The van der Waals surface area contributed by atoms with Crippen LogP contribution in [0.4, 0.5) is 0 Å². The van der Waals surface area contributed by atoms with Crippen LogP contribution in [0, 0.1) is 6.92 Å². The highest BCUT2D eigenvalue weighted by Gasteiger charge is 2.24. The highest BCUT2D eigenvalue weighted by molar-refractivity contribution is 7.80. The third-order valence-corrected chi connectivity index (χ3v) is 4.32. The lowest BCUT2D eigenvalue weighted by atomic mass is 10.1. The van der Waals surface area contributed by atoms with Crippen molar-refractivity contribution < 1.29 is 0 Å². The summed E-state index contributed by atoms with van der Waals surface area (Å²) in [7, 11) is 0. The van der Waals surface area contributed by atoms with E-state index >= 15 is 0 Å². The standard InChI is InChI=1S/C16H25N3S/c1-3-15(16(17)20)19-9-7-18(8-10-19)12-14-6-4-5-13(2)11-14/h4-6,11,15H,3,7-10,12H2,1-2H3,(H2,17,20). The molecule has 0 bridgehead atoms. The molecule has 0 radical (unpaired) electrons. The highest BCUT2D eigenvalue weighted by Crippen LogP contribution is 2.13. The molecule has 1 atom stereocenters. The third-order valence-electron chi connectivity index (χ3n) is 4.05. The SMILES string of the molecule is CCC(C(N)=S)N1CCN(Cc2cccc(C)c2)CC1. The van der Waals surface area contributed by atoms with Crippen molar-refractivity contribution >= 4 is 17.2 Å². The van der Waals surface area contributed by atoms with Gasteiger partial charge in [0.05, 0.1) is 11.0 Å². The number of benzene rings is 1. The van der Waals surface area contributed by atoms with E-state index in [4.69, 9.17) is 18.0 Å². The molecule has 20 heavy (non-hydrogen) atoms. The molecular weight excluding hydrogens is 266 g/mol. The zero-order valence-electron chi connectivity index (χ0n) is 12.5. The maximum Gasteiger partial charge on any atom is 0.0901 e. The van der Waals surface area contributed by atoms with Crippen molar-refractivity contribution in [3.05, 3.63) is 35.4 Å². The molecular formula is C16H25N3S. The van der Waals surface area contributed by atoms with Crippen molar-refractivity contribution in [1.29, 1.82) is 0 Å². The van der Waals surface area contributed by atoms with Crippen LogP contribution >= 0.6 is 12.2 Å². The second kappa shape index (κ2) is 7.16. The van der Waals surface area contributed by atoms with E-state index in [2.05, 4.69) is 47.9 Å². The quantitative estimate of drug-likeness (QED) is 0.843. The topological polar surface area (TPSA) is 32.5 Å². The summed E-state index contributed by atoms with van der Waals surface area (Å²) in [4.78, 5) is 5.58. The average molecular weight is 291 g/mol. The Morgan fingerprint density at radius 2 is 2.00 bits per heavy atom. The van der Waals surface area contributed by atoms with Crippen molar-refractivity contribution in [3.63, 3.8) is 0 Å². The molecule has 3 nitrogen and oxygen atoms in total. The van der Waals surface area contributed by atoms with Crippen LogP contribution in [-0.2, 0) is 6.54 Å². The summed E-state index contributed by atoms with van der Waals surface area (Å²) in [5.41, 5.74) is 8.57. The zero-order chi connectivity index (χ0) is 14.5. The smallest absolute Gasteiger partial charge is 0.0901 e. The molecule has 1 fully saturated rings. The molecule has 1 aromatic carbocycles. The number of rotatable bonds is 5. The van der Waals surface area contributed by atoms with Crippen molar-refractivity contribution in [3.8, 4) is 0 Å². The molecule has 0 aliphatic carbocycles. The van der Waals surface area contributed by atoms with E-state index in [1.54, 1.807) is 0 Å². The van der Waals surface area contributed by atoms with Gasteiger partial charge in [-0.2, -0.15) is 0 Å². The van der Waals surface area contributed by atoms with E-state index in [-0.39, 0.29) is 6.04 Å². The monoisotopic (exact) mass is 291 g/mol. The number of nitrogens with zero attached hydrogens (tertiary/aromatic N) is 2. The second-order valence-corrected chi connectivity index (χ2v) is 6.10. The first-order chi connectivity index (χ1) is 9.60. The minimum absolute atomic E-state index is 0.270. The summed E-state index contributed by atoms with van der Waals surface area (Å²) in [6.07, 6.45) is 1.01. The van der Waals surface area contributed by atoms with E-state index in [0.717, 1.165) is 39.1 Å². The first-order valence-corrected chi connectivity index (χ1v) is 7.82. The fraction of sp³-hybridized carbons (Fsp3) is 0.562. The van der Waals surface area contributed by atoms with Gasteiger partial charge in [-0.3, -0.25) is 9.80 Å². The second-order valence-electron chi connectivity index (χ2n) is 5.63. The van der Waals surface area contributed by atoms with E-state index in [1.807, 2.05) is 0 Å². The van der Waals surface area contributed by atoms with E-state index < -0.39 is 0 Å². The first-order valence-electron chi connectivity index (χ1n) is 7.41. The number of hydrogen-bond acceptors (Lipinski definition) is 3. The molecule has 4 heteroatoms. The maximum absolute atomic E-state index is 5.83. The Labute approximate surface area is 127 Å². The van der Waals surface area contributed by atoms with Crippen molar-refractivity contribution in [2.75, 3.05) is 26.2 Å². The number of nitrogens with two attached hydrogens (primary N) is 1. The summed E-state index contributed by atoms with van der Waals surface area (Å²) in [6, 6.07) is 9.04. The highest BCUT2D eigenvalue weighted by atomic mass is 32.1. The molecule has 1 aromatic rings. The normalized spacial score (nSPS) is 18.9. The first kappa shape index (κ1) is 15.4.